The van der Waals surface area contributed by atoms with Crippen molar-refractivity contribution < 1.29 is 14.3 Å². The highest BCUT2D eigenvalue weighted by atomic mass is 16.5. The Hall–Kier alpha value is -2.66. The lowest BCUT2D eigenvalue weighted by Gasteiger charge is -2.45. The molecule has 2 aromatic carbocycles. The first-order chi connectivity index (χ1) is 11.5. The fourth-order valence-electron chi connectivity index (χ4n) is 3.05. The molecule has 1 aliphatic heterocycles. The highest BCUT2D eigenvalue weighted by Gasteiger charge is 2.40. The van der Waals surface area contributed by atoms with Crippen LogP contribution in [-0.2, 0) is 10.3 Å². The molecule has 1 heterocycles. The molecule has 0 spiro atoms. The molecule has 1 atom stereocenters. The highest BCUT2D eigenvalue weighted by Crippen LogP contribution is 2.32. The van der Waals surface area contributed by atoms with Gasteiger partial charge in [-0.1, -0.05) is 30.3 Å². The van der Waals surface area contributed by atoms with Crippen molar-refractivity contribution in [2.24, 2.45) is 5.73 Å². The molecule has 1 fully saturated rings. The molecule has 0 aromatic heterocycles. The number of amides is 2. The van der Waals surface area contributed by atoms with Gasteiger partial charge in [-0.2, -0.15) is 0 Å². The lowest BCUT2D eigenvalue weighted by Crippen LogP contribution is -2.55. The Bertz CT molecular complexity index is 743. The molecule has 2 amide bonds. The Morgan fingerprint density at radius 1 is 1.04 bits per heavy atom. The third-order valence-electron chi connectivity index (χ3n) is 4.50. The first-order valence-electron chi connectivity index (χ1n) is 7.87. The maximum atomic E-state index is 13.0. The molecule has 0 radical (unpaired) electrons. The molecule has 2 N–H and O–H groups in total. The van der Waals surface area contributed by atoms with E-state index in [9.17, 15) is 9.59 Å². The van der Waals surface area contributed by atoms with E-state index in [1.807, 2.05) is 42.2 Å². The van der Waals surface area contributed by atoms with Crippen LogP contribution in [0.2, 0.25) is 0 Å². The zero-order valence-corrected chi connectivity index (χ0v) is 13.6. The zero-order chi connectivity index (χ0) is 17.2. The summed E-state index contributed by atoms with van der Waals surface area (Å²) in [5.74, 6) is -0.588. The predicted molar refractivity (Wildman–Crippen MR) is 90.6 cm³/mol. The van der Waals surface area contributed by atoms with Crippen LogP contribution in [0.1, 0.15) is 33.2 Å². The van der Waals surface area contributed by atoms with E-state index in [0.717, 1.165) is 5.56 Å². The summed E-state index contributed by atoms with van der Waals surface area (Å²) in [6.45, 7) is 3.48. The number of morpholine rings is 1. The second-order valence-corrected chi connectivity index (χ2v) is 6.09. The van der Waals surface area contributed by atoms with E-state index < -0.39 is 11.4 Å². The lowest BCUT2D eigenvalue weighted by molar-refractivity contribution is -0.0480. The third-order valence-corrected chi connectivity index (χ3v) is 4.50. The molecule has 3 rings (SSSR count). The van der Waals surface area contributed by atoms with Gasteiger partial charge >= 0.3 is 0 Å². The molecule has 5 heteroatoms. The number of hydrogen-bond donors (Lipinski definition) is 1. The van der Waals surface area contributed by atoms with Gasteiger partial charge in [0.05, 0.1) is 18.8 Å². The van der Waals surface area contributed by atoms with Gasteiger partial charge < -0.3 is 15.4 Å². The molecule has 124 valence electrons. The van der Waals surface area contributed by atoms with Crippen LogP contribution in [0.25, 0.3) is 0 Å². The smallest absolute Gasteiger partial charge is 0.254 e. The molecule has 24 heavy (non-hydrogen) atoms. The molecule has 0 aliphatic carbocycles. The summed E-state index contributed by atoms with van der Waals surface area (Å²) in [6, 6.07) is 16.3. The number of carbonyl (C=O) groups excluding carboxylic acids is 2. The molecule has 0 unspecified atom stereocenters. The Morgan fingerprint density at radius 2 is 1.67 bits per heavy atom. The second-order valence-electron chi connectivity index (χ2n) is 6.09. The van der Waals surface area contributed by atoms with Gasteiger partial charge in [0.1, 0.15) is 0 Å². The van der Waals surface area contributed by atoms with Crippen molar-refractivity contribution in [3.8, 4) is 0 Å². The zero-order valence-electron chi connectivity index (χ0n) is 13.6. The van der Waals surface area contributed by atoms with E-state index in [1.54, 1.807) is 24.3 Å². The lowest BCUT2D eigenvalue weighted by atomic mass is 9.89. The number of primary amides is 1. The molecule has 5 nitrogen and oxygen atoms in total. The van der Waals surface area contributed by atoms with Crippen LogP contribution in [0.5, 0.6) is 0 Å². The number of nitrogens with two attached hydrogens (primary N) is 1. The fourth-order valence-corrected chi connectivity index (χ4v) is 3.05. The van der Waals surface area contributed by atoms with Crippen LogP contribution in [0.4, 0.5) is 0 Å². The van der Waals surface area contributed by atoms with Crippen molar-refractivity contribution in [3.05, 3.63) is 71.3 Å². The summed E-state index contributed by atoms with van der Waals surface area (Å²) >= 11 is 0. The molecular formula is C19H20N2O3. The third kappa shape index (κ3) is 2.90. The summed E-state index contributed by atoms with van der Waals surface area (Å²) in [7, 11) is 0. The maximum absolute atomic E-state index is 13.0. The Balaban J connectivity index is 1.93. The van der Waals surface area contributed by atoms with Crippen LogP contribution in [0.15, 0.2) is 54.6 Å². The summed E-state index contributed by atoms with van der Waals surface area (Å²) in [6.07, 6.45) is 0. The van der Waals surface area contributed by atoms with Crippen molar-refractivity contribution >= 4 is 11.8 Å². The van der Waals surface area contributed by atoms with E-state index in [2.05, 4.69) is 0 Å². The summed E-state index contributed by atoms with van der Waals surface area (Å²) in [5, 5.41) is 0. The van der Waals surface area contributed by atoms with Crippen molar-refractivity contribution in [2.75, 3.05) is 19.8 Å². The number of hydrogen-bond acceptors (Lipinski definition) is 3. The second kappa shape index (κ2) is 6.45. The molecule has 1 saturated heterocycles. The largest absolute Gasteiger partial charge is 0.377 e. The van der Waals surface area contributed by atoms with Crippen LogP contribution in [0.3, 0.4) is 0 Å². The first-order valence-corrected chi connectivity index (χ1v) is 7.87. The van der Waals surface area contributed by atoms with Crippen molar-refractivity contribution in [2.45, 2.75) is 12.5 Å². The number of benzene rings is 2. The Labute approximate surface area is 141 Å². The highest BCUT2D eigenvalue weighted by molar-refractivity contribution is 5.97. The normalized spacial score (nSPS) is 20.6. The monoisotopic (exact) mass is 324 g/mol. The minimum absolute atomic E-state index is 0.0827. The minimum atomic E-state index is -0.529. The van der Waals surface area contributed by atoms with E-state index in [1.165, 1.54) is 0 Å². The number of rotatable bonds is 3. The Kier molecular flexibility index (Phi) is 4.36. The van der Waals surface area contributed by atoms with Crippen LogP contribution in [-0.4, -0.2) is 36.5 Å². The summed E-state index contributed by atoms with van der Waals surface area (Å²) in [5.41, 5.74) is 6.68. The van der Waals surface area contributed by atoms with Crippen molar-refractivity contribution in [1.82, 2.24) is 4.90 Å². The summed E-state index contributed by atoms with van der Waals surface area (Å²) in [4.78, 5) is 26.0. The molecule has 0 bridgehead atoms. The van der Waals surface area contributed by atoms with E-state index in [0.29, 0.717) is 30.9 Å². The average Bonchev–Trinajstić information content (AvgIpc) is 2.62. The fraction of sp³-hybridized carbons (Fsp3) is 0.263. The SMILES string of the molecule is C[C@@]1(c2ccccc2)COCCN1C(=O)c1ccc(C(N)=O)cc1. The van der Waals surface area contributed by atoms with Gasteiger partial charge in [-0.15, -0.1) is 0 Å². The Morgan fingerprint density at radius 3 is 2.29 bits per heavy atom. The molecule has 2 aromatic rings. The van der Waals surface area contributed by atoms with Gasteiger partial charge in [-0.3, -0.25) is 9.59 Å². The minimum Gasteiger partial charge on any atom is -0.377 e. The quantitative estimate of drug-likeness (QED) is 0.940. The topological polar surface area (TPSA) is 72.6 Å². The van der Waals surface area contributed by atoms with Crippen molar-refractivity contribution in [1.29, 1.82) is 0 Å². The van der Waals surface area contributed by atoms with Gasteiger partial charge in [0, 0.05) is 17.7 Å². The summed E-state index contributed by atoms with van der Waals surface area (Å²) < 4.78 is 5.65. The van der Waals surface area contributed by atoms with Crippen LogP contribution in [0, 0.1) is 0 Å². The van der Waals surface area contributed by atoms with E-state index >= 15 is 0 Å². The van der Waals surface area contributed by atoms with Gasteiger partial charge in [-0.25, -0.2) is 0 Å². The van der Waals surface area contributed by atoms with Gasteiger partial charge in [0.25, 0.3) is 5.91 Å². The molecule has 1 aliphatic rings. The van der Waals surface area contributed by atoms with Crippen molar-refractivity contribution in [3.63, 3.8) is 0 Å². The maximum Gasteiger partial charge on any atom is 0.254 e. The van der Waals surface area contributed by atoms with Crippen LogP contribution >= 0.6 is 0 Å². The molecule has 0 saturated carbocycles. The van der Waals surface area contributed by atoms with E-state index in [-0.39, 0.29) is 5.91 Å². The van der Waals surface area contributed by atoms with Gasteiger partial charge in [-0.05, 0) is 36.8 Å². The standard InChI is InChI=1S/C19H20N2O3/c1-19(16-5-3-2-4-6-16)13-24-12-11-21(19)18(23)15-9-7-14(8-10-15)17(20)22/h2-10H,11-13H2,1H3,(H2,20,22)/t19-/m0/s1. The number of ether oxygens (including phenoxy) is 1. The predicted octanol–water partition coefficient (Wildman–Crippen LogP) is 2.17. The first kappa shape index (κ1) is 16.2. The number of carbonyl (C=O) groups is 2. The van der Waals surface area contributed by atoms with Gasteiger partial charge in [0.15, 0.2) is 0 Å². The average molecular weight is 324 g/mol. The van der Waals surface area contributed by atoms with E-state index in [4.69, 9.17) is 10.5 Å². The van der Waals surface area contributed by atoms with Crippen LogP contribution < -0.4 is 5.73 Å². The van der Waals surface area contributed by atoms with Gasteiger partial charge in [0.2, 0.25) is 5.91 Å². The molecular weight excluding hydrogens is 304 g/mol. The number of nitrogens with zero attached hydrogens (tertiary/aromatic N) is 1.